The Balaban J connectivity index is 1.69. The summed E-state index contributed by atoms with van der Waals surface area (Å²) in [5.74, 6) is -0.0164. The van der Waals surface area contributed by atoms with Crippen LogP contribution in [0.3, 0.4) is 0 Å². The molecule has 23 heavy (non-hydrogen) atoms. The van der Waals surface area contributed by atoms with E-state index in [1.54, 1.807) is 30.6 Å². The van der Waals surface area contributed by atoms with Crippen LogP contribution in [0, 0.1) is 10.1 Å². The number of fused-ring (bicyclic) bond motifs is 1. The van der Waals surface area contributed by atoms with Gasteiger partial charge in [-0.15, -0.1) is 0 Å². The van der Waals surface area contributed by atoms with E-state index in [0.29, 0.717) is 11.3 Å². The number of imidazole rings is 1. The van der Waals surface area contributed by atoms with Crippen LogP contribution in [-0.4, -0.2) is 20.4 Å². The number of hydrogen-bond donors (Lipinski definition) is 0. The smallest absolute Gasteiger partial charge is 0.315 e. The first-order valence-electron chi connectivity index (χ1n) is 6.88. The van der Waals surface area contributed by atoms with Gasteiger partial charge in [-0.05, 0) is 17.7 Å². The van der Waals surface area contributed by atoms with Crippen LogP contribution in [-0.2, 0) is 18.3 Å². The Bertz CT molecular complexity index is 884. The van der Waals surface area contributed by atoms with Crippen molar-refractivity contribution in [1.29, 1.82) is 0 Å². The van der Waals surface area contributed by atoms with Crippen LogP contribution in [0.15, 0.2) is 48.8 Å². The van der Waals surface area contributed by atoms with Gasteiger partial charge in [0.25, 0.3) is 5.69 Å². The number of aromatic nitrogens is 2. The second kappa shape index (κ2) is 5.88. The Kier molecular flexibility index (Phi) is 3.76. The lowest BCUT2D eigenvalue weighted by atomic mass is 10.1. The van der Waals surface area contributed by atoms with Crippen molar-refractivity contribution in [3.63, 3.8) is 0 Å². The number of aryl methyl sites for hydroxylation is 1. The summed E-state index contributed by atoms with van der Waals surface area (Å²) in [6.07, 6.45) is 1.73. The predicted octanol–water partition coefficient (Wildman–Crippen LogP) is 2.63. The van der Waals surface area contributed by atoms with Crippen LogP contribution in [0.1, 0.15) is 5.56 Å². The molecule has 0 amide bonds. The van der Waals surface area contributed by atoms with Crippen LogP contribution < -0.4 is 4.74 Å². The highest BCUT2D eigenvalue weighted by atomic mass is 16.6. The highest BCUT2D eigenvalue weighted by Gasteiger charge is 2.10. The summed E-state index contributed by atoms with van der Waals surface area (Å²) in [5.41, 5.74) is 2.33. The van der Waals surface area contributed by atoms with Crippen molar-refractivity contribution in [3.8, 4) is 5.75 Å². The van der Waals surface area contributed by atoms with Crippen molar-refractivity contribution in [1.82, 2.24) is 9.55 Å². The molecule has 0 saturated heterocycles. The molecule has 0 aliphatic rings. The normalized spacial score (nSPS) is 10.7. The molecule has 1 heterocycles. The van der Waals surface area contributed by atoms with Crippen LogP contribution in [0.25, 0.3) is 11.0 Å². The van der Waals surface area contributed by atoms with Crippen molar-refractivity contribution in [3.05, 3.63) is 64.5 Å². The zero-order valence-corrected chi connectivity index (χ0v) is 12.3. The van der Waals surface area contributed by atoms with Crippen LogP contribution in [0.2, 0.25) is 0 Å². The van der Waals surface area contributed by atoms with Crippen LogP contribution in [0.4, 0.5) is 5.69 Å². The lowest BCUT2D eigenvalue weighted by Crippen LogP contribution is -2.11. The summed E-state index contributed by atoms with van der Waals surface area (Å²) in [4.78, 5) is 26.3. The minimum absolute atomic E-state index is 0.0114. The summed E-state index contributed by atoms with van der Waals surface area (Å²) in [7, 11) is 1.88. The fourth-order valence-corrected chi connectivity index (χ4v) is 2.25. The van der Waals surface area contributed by atoms with Gasteiger partial charge in [0.15, 0.2) is 0 Å². The van der Waals surface area contributed by atoms with Gasteiger partial charge in [0, 0.05) is 25.2 Å². The van der Waals surface area contributed by atoms with E-state index in [1.165, 1.54) is 12.1 Å². The molecule has 0 N–H and O–H groups in total. The van der Waals surface area contributed by atoms with E-state index < -0.39 is 10.9 Å². The van der Waals surface area contributed by atoms with Crippen molar-refractivity contribution in [2.24, 2.45) is 7.05 Å². The van der Waals surface area contributed by atoms with Gasteiger partial charge in [0.2, 0.25) is 0 Å². The lowest BCUT2D eigenvalue weighted by Gasteiger charge is -2.05. The molecule has 0 atom stereocenters. The maximum atomic E-state index is 12.0. The monoisotopic (exact) mass is 311 g/mol. The van der Waals surface area contributed by atoms with Crippen molar-refractivity contribution in [2.75, 3.05) is 0 Å². The van der Waals surface area contributed by atoms with Crippen molar-refractivity contribution >= 4 is 22.7 Å². The first kappa shape index (κ1) is 14.7. The molecule has 0 radical (unpaired) electrons. The Hall–Kier alpha value is -3.22. The van der Waals surface area contributed by atoms with Gasteiger partial charge in [-0.1, -0.05) is 12.1 Å². The second-order valence-corrected chi connectivity index (χ2v) is 5.08. The number of nitro groups is 1. The molecule has 0 aliphatic carbocycles. The number of benzene rings is 2. The highest BCUT2D eigenvalue weighted by Crippen LogP contribution is 2.20. The summed E-state index contributed by atoms with van der Waals surface area (Å²) in [6.45, 7) is 0. The highest BCUT2D eigenvalue weighted by molar-refractivity contribution is 5.80. The molecular weight excluding hydrogens is 298 g/mol. The van der Waals surface area contributed by atoms with E-state index >= 15 is 0 Å². The maximum Gasteiger partial charge on any atom is 0.315 e. The zero-order chi connectivity index (χ0) is 16.4. The van der Waals surface area contributed by atoms with Gasteiger partial charge in [0.1, 0.15) is 5.75 Å². The summed E-state index contributed by atoms with van der Waals surface area (Å²) in [6, 6.07) is 11.0. The summed E-state index contributed by atoms with van der Waals surface area (Å²) < 4.78 is 7.16. The van der Waals surface area contributed by atoms with Crippen molar-refractivity contribution in [2.45, 2.75) is 6.42 Å². The molecule has 3 rings (SSSR count). The van der Waals surface area contributed by atoms with E-state index in [0.717, 1.165) is 11.0 Å². The Labute approximate surface area is 131 Å². The Morgan fingerprint density at radius 1 is 1.26 bits per heavy atom. The Morgan fingerprint density at radius 3 is 2.70 bits per heavy atom. The average molecular weight is 311 g/mol. The van der Waals surface area contributed by atoms with Gasteiger partial charge >= 0.3 is 5.97 Å². The second-order valence-electron chi connectivity index (χ2n) is 5.08. The number of rotatable bonds is 4. The lowest BCUT2D eigenvalue weighted by molar-refractivity contribution is -0.384. The number of non-ortho nitro benzene ring substituents is 1. The number of esters is 1. The van der Waals surface area contributed by atoms with Gasteiger partial charge in [-0.25, -0.2) is 4.98 Å². The molecule has 116 valence electrons. The van der Waals surface area contributed by atoms with Gasteiger partial charge in [-0.2, -0.15) is 0 Å². The quantitative estimate of drug-likeness (QED) is 0.320. The molecule has 1 aromatic heterocycles. The van der Waals surface area contributed by atoms with E-state index in [2.05, 4.69) is 4.98 Å². The molecule has 2 aromatic carbocycles. The Morgan fingerprint density at radius 2 is 2.00 bits per heavy atom. The number of nitrogens with zero attached hydrogens (tertiary/aromatic N) is 3. The largest absolute Gasteiger partial charge is 0.426 e. The minimum Gasteiger partial charge on any atom is -0.426 e. The average Bonchev–Trinajstić information content (AvgIpc) is 2.88. The van der Waals surface area contributed by atoms with Gasteiger partial charge in [-0.3, -0.25) is 14.9 Å². The molecule has 3 aromatic rings. The maximum absolute atomic E-state index is 12.0. The fraction of sp³-hybridized carbons (Fsp3) is 0.125. The number of hydrogen-bond acceptors (Lipinski definition) is 5. The van der Waals surface area contributed by atoms with E-state index in [1.807, 2.05) is 17.7 Å². The first-order valence-corrected chi connectivity index (χ1v) is 6.88. The minimum atomic E-state index is -0.482. The standard InChI is InChI=1S/C16H13N3O4/c1-18-10-17-14-9-13(6-7-15(14)18)23-16(20)8-11-2-4-12(5-3-11)19(21)22/h2-7,9-10H,8H2,1H3. The van der Waals surface area contributed by atoms with Crippen molar-refractivity contribution < 1.29 is 14.5 Å². The first-order chi connectivity index (χ1) is 11.0. The molecule has 0 aliphatic heterocycles. The molecule has 0 fully saturated rings. The van der Waals surface area contributed by atoms with Gasteiger partial charge < -0.3 is 9.30 Å². The fourth-order valence-electron chi connectivity index (χ4n) is 2.25. The molecule has 0 spiro atoms. The molecule has 0 unspecified atom stereocenters. The molecule has 0 saturated carbocycles. The SMILES string of the molecule is Cn1cnc2cc(OC(=O)Cc3ccc([N+](=O)[O-])cc3)ccc21. The number of ether oxygens (including phenoxy) is 1. The molecule has 7 heteroatoms. The summed E-state index contributed by atoms with van der Waals surface area (Å²) in [5, 5.41) is 10.6. The third-order valence-electron chi connectivity index (χ3n) is 3.42. The molecule has 7 nitrogen and oxygen atoms in total. The number of nitro benzene ring substituents is 1. The zero-order valence-electron chi connectivity index (χ0n) is 12.3. The molecular formula is C16H13N3O4. The third-order valence-corrected chi connectivity index (χ3v) is 3.42. The predicted molar refractivity (Wildman–Crippen MR) is 83.1 cm³/mol. The third kappa shape index (κ3) is 3.18. The number of carbonyl (C=O) groups is 1. The topological polar surface area (TPSA) is 87.3 Å². The van der Waals surface area contributed by atoms with Gasteiger partial charge in [0.05, 0.1) is 28.7 Å². The van der Waals surface area contributed by atoms with Crippen LogP contribution >= 0.6 is 0 Å². The molecule has 0 bridgehead atoms. The van der Waals surface area contributed by atoms with E-state index in [4.69, 9.17) is 4.74 Å². The summed E-state index contributed by atoms with van der Waals surface area (Å²) >= 11 is 0. The van der Waals surface area contributed by atoms with Crippen LogP contribution in [0.5, 0.6) is 5.75 Å². The number of carbonyl (C=O) groups excluding carboxylic acids is 1. The van der Waals surface area contributed by atoms with E-state index in [-0.39, 0.29) is 12.1 Å². The van der Waals surface area contributed by atoms with E-state index in [9.17, 15) is 14.9 Å².